The molecule has 0 aromatic rings. The molecule has 0 unspecified atom stereocenters. The second-order valence-electron chi connectivity index (χ2n) is 27.0. The standard InChI is InChI=1S/C65H116N12O15/c1-25-27-29-41(13)55(80)54-59(84)68-45(26-2)61(86)70(17)35-50(79)74(21)53(44(16)92-31-28-30-49(78)77(24)91)58(83)69-51(39(9)10)64(89)71(18)46(32-36(3)4)57(82)66-42(14)56(81)67-43(15)60(85)72(19)47(33-37(5)6)62(87)73(20)48(34-38(7)8)63(88)75(22)52(40(11)12)65(90)76(54)23/h25,27,36-48,51-55,80,91H,26,28-35H2,1-24H3,(H,66,82)(H,67,81)(H,68,84)(H,69,83)/b27-25+/t41-,42+,43+,44-,45+,46-,47+,48-,51+,52+,53+,54+,55-/m1/s1. The number of nitrogens with zero attached hydrogens (tertiary/aromatic N) is 8. The van der Waals surface area contributed by atoms with Gasteiger partial charge in [-0.3, -0.25) is 62.7 Å². The quantitative estimate of drug-likeness (QED) is 0.0468. The van der Waals surface area contributed by atoms with Gasteiger partial charge in [-0.25, -0.2) is 5.06 Å². The Kier molecular flexibility index (Phi) is 34.8. The number of aliphatic hydroxyl groups excluding tert-OH is 1. The van der Waals surface area contributed by atoms with Gasteiger partial charge in [0, 0.05) is 69.4 Å². The van der Waals surface area contributed by atoms with Crippen LogP contribution in [0.4, 0.5) is 0 Å². The first-order chi connectivity index (χ1) is 42.5. The summed E-state index contributed by atoms with van der Waals surface area (Å²) in [5.41, 5.74) is 0. The van der Waals surface area contributed by atoms with E-state index in [0.717, 1.165) is 14.7 Å². The van der Waals surface area contributed by atoms with E-state index < -0.39 is 168 Å². The van der Waals surface area contributed by atoms with Crippen molar-refractivity contribution < 1.29 is 72.6 Å². The van der Waals surface area contributed by atoms with E-state index in [4.69, 9.17) is 4.74 Å². The lowest BCUT2D eigenvalue weighted by Gasteiger charge is -2.41. The number of carbonyl (C=O) groups excluding carboxylic acids is 12. The third-order valence-electron chi connectivity index (χ3n) is 17.0. The molecule has 6 N–H and O–H groups in total. The normalized spacial score (nSPS) is 26.0. The molecular formula is C65H116N12O15. The molecule has 0 aliphatic carbocycles. The zero-order chi connectivity index (χ0) is 71.3. The van der Waals surface area contributed by atoms with Gasteiger partial charge in [-0.05, 0) is 102 Å². The van der Waals surface area contributed by atoms with Gasteiger partial charge in [0.1, 0.15) is 60.4 Å². The molecule has 13 atom stereocenters. The summed E-state index contributed by atoms with van der Waals surface area (Å²) in [6, 6.07) is -13.3. The number of carbonyl (C=O) groups is 12. The average Bonchev–Trinajstić information content (AvgIpc) is 0.841. The maximum absolute atomic E-state index is 15.2. The Morgan fingerprint density at radius 3 is 1.51 bits per heavy atom. The fraction of sp³-hybridized carbons (Fsp3) is 0.785. The van der Waals surface area contributed by atoms with Crippen LogP contribution in [0.25, 0.3) is 0 Å². The molecule has 0 aromatic heterocycles. The first kappa shape index (κ1) is 83.3. The average molecular weight is 1310 g/mol. The molecule has 0 saturated carbocycles. The highest BCUT2D eigenvalue weighted by atomic mass is 16.5. The molecule has 526 valence electrons. The molecule has 92 heavy (non-hydrogen) atoms. The van der Waals surface area contributed by atoms with Crippen molar-refractivity contribution >= 4 is 70.9 Å². The highest BCUT2D eigenvalue weighted by Gasteiger charge is 2.46. The molecule has 1 aliphatic heterocycles. The third-order valence-corrected chi connectivity index (χ3v) is 17.0. The van der Waals surface area contributed by atoms with Crippen LogP contribution >= 0.6 is 0 Å². The SMILES string of the molecule is C/C=C/C[C@@H](C)[C@@H](O)[C@H]1C(=O)N[C@@H](CC)C(=O)N(C)CC(=O)N(C)[C@@H]([C@@H](C)OCCCC(=O)N(C)O)C(=O)N[C@@H](C(C)C)C(=O)N(C)[C@H](CC(C)C)C(=O)N[C@@H](C)C(=O)N[C@@H](C)C(=O)N(C)[C@@H](CC(C)C)C(=O)N(C)[C@H](CC(C)C)C(=O)N(C)[C@@H](C(C)C)C(=O)N1C. The number of nitrogens with one attached hydrogen (secondary N) is 4. The molecule has 0 bridgehead atoms. The summed E-state index contributed by atoms with van der Waals surface area (Å²) in [6.45, 7) is 26.4. The molecule has 0 spiro atoms. The van der Waals surface area contributed by atoms with Gasteiger partial charge in [-0.1, -0.05) is 95.2 Å². The number of hydrogen-bond acceptors (Lipinski definition) is 15. The monoisotopic (exact) mass is 1300 g/mol. The largest absolute Gasteiger partial charge is 0.390 e. The van der Waals surface area contributed by atoms with E-state index in [1.807, 2.05) is 41.5 Å². The van der Waals surface area contributed by atoms with E-state index in [1.54, 1.807) is 60.6 Å². The molecule has 27 heteroatoms. The molecule has 0 aromatic carbocycles. The van der Waals surface area contributed by atoms with Crippen LogP contribution < -0.4 is 21.3 Å². The predicted molar refractivity (Wildman–Crippen MR) is 348 cm³/mol. The number of hydrogen-bond donors (Lipinski definition) is 6. The van der Waals surface area contributed by atoms with Crippen LogP contribution in [0.3, 0.4) is 0 Å². The number of aliphatic hydroxyl groups is 1. The minimum atomic E-state index is -1.66. The van der Waals surface area contributed by atoms with Crippen LogP contribution in [0.15, 0.2) is 12.2 Å². The van der Waals surface area contributed by atoms with Crippen LogP contribution in [0.1, 0.15) is 156 Å². The molecule has 12 amide bonds. The summed E-state index contributed by atoms with van der Waals surface area (Å²) in [5.74, 6) is -11.3. The number of amides is 12. The maximum Gasteiger partial charge on any atom is 0.246 e. The molecule has 27 nitrogen and oxygen atoms in total. The summed E-state index contributed by atoms with van der Waals surface area (Å²) >= 11 is 0. The maximum atomic E-state index is 15.2. The van der Waals surface area contributed by atoms with E-state index in [9.17, 15) is 58.3 Å². The van der Waals surface area contributed by atoms with E-state index >= 15 is 9.59 Å². The predicted octanol–water partition coefficient (Wildman–Crippen LogP) is 2.26. The number of allylic oxidation sites excluding steroid dienone is 2. The van der Waals surface area contributed by atoms with Gasteiger partial charge in [0.05, 0.1) is 18.8 Å². The van der Waals surface area contributed by atoms with Crippen LogP contribution in [-0.4, -0.2) is 263 Å². The Balaban J connectivity index is 4.40. The lowest BCUT2D eigenvalue weighted by Crippen LogP contribution is -2.63. The fourth-order valence-corrected chi connectivity index (χ4v) is 11.2. The van der Waals surface area contributed by atoms with Crippen LogP contribution in [0.5, 0.6) is 0 Å². The van der Waals surface area contributed by atoms with Crippen molar-refractivity contribution in [2.75, 3.05) is 69.5 Å². The number of ether oxygens (including phenoxy) is 1. The Bertz CT molecular complexity index is 2540. The zero-order valence-electron chi connectivity index (χ0n) is 59.7. The Morgan fingerprint density at radius 1 is 0.565 bits per heavy atom. The van der Waals surface area contributed by atoms with Gasteiger partial charge >= 0.3 is 0 Å². The highest BCUT2D eigenvalue weighted by Crippen LogP contribution is 2.26. The summed E-state index contributed by atoms with van der Waals surface area (Å²) in [7, 11) is 10.8. The molecule has 1 saturated heterocycles. The topological polar surface area (TPSA) is 329 Å². The summed E-state index contributed by atoms with van der Waals surface area (Å²) in [4.78, 5) is 182. The smallest absolute Gasteiger partial charge is 0.246 e. The summed E-state index contributed by atoms with van der Waals surface area (Å²) in [6.07, 6.45) is 1.41. The summed E-state index contributed by atoms with van der Waals surface area (Å²) in [5, 5.41) is 33.0. The second-order valence-corrected chi connectivity index (χ2v) is 27.0. The second kappa shape index (κ2) is 38.4. The van der Waals surface area contributed by atoms with Crippen molar-refractivity contribution in [3.8, 4) is 0 Å². The van der Waals surface area contributed by atoms with Crippen molar-refractivity contribution in [2.24, 2.45) is 35.5 Å². The lowest BCUT2D eigenvalue weighted by molar-refractivity contribution is -0.160. The molecule has 1 aliphatic rings. The number of likely N-dealkylation sites (N-methyl/N-ethyl adjacent to an activating group) is 7. The van der Waals surface area contributed by atoms with Crippen molar-refractivity contribution in [3.05, 3.63) is 12.2 Å². The van der Waals surface area contributed by atoms with E-state index in [1.165, 1.54) is 96.8 Å². The van der Waals surface area contributed by atoms with Gasteiger partial charge in [-0.15, -0.1) is 0 Å². The lowest BCUT2D eigenvalue weighted by atomic mass is 9.91. The summed E-state index contributed by atoms with van der Waals surface area (Å²) < 4.78 is 6.05. The van der Waals surface area contributed by atoms with Crippen LogP contribution in [0.2, 0.25) is 0 Å². The molecule has 1 fully saturated rings. The number of rotatable bonds is 19. The molecule has 1 heterocycles. The molecular weight excluding hydrogens is 1190 g/mol. The van der Waals surface area contributed by atoms with E-state index in [2.05, 4.69) is 21.3 Å². The van der Waals surface area contributed by atoms with E-state index in [-0.39, 0.29) is 69.3 Å². The van der Waals surface area contributed by atoms with Crippen LogP contribution in [0, 0.1) is 35.5 Å². The van der Waals surface area contributed by atoms with Gasteiger partial charge in [0.15, 0.2) is 0 Å². The third kappa shape index (κ3) is 23.7. The fourth-order valence-electron chi connectivity index (χ4n) is 11.2. The highest BCUT2D eigenvalue weighted by molar-refractivity contribution is 5.99. The Morgan fingerprint density at radius 2 is 1.03 bits per heavy atom. The van der Waals surface area contributed by atoms with Crippen molar-refractivity contribution in [3.63, 3.8) is 0 Å². The Hall–Kier alpha value is -6.74. The Labute approximate surface area is 547 Å². The minimum absolute atomic E-state index is 0.0405. The first-order valence-corrected chi connectivity index (χ1v) is 32.5. The van der Waals surface area contributed by atoms with Gasteiger partial charge in [0.2, 0.25) is 70.9 Å². The first-order valence-electron chi connectivity index (χ1n) is 32.5. The van der Waals surface area contributed by atoms with Gasteiger partial charge in [-0.2, -0.15) is 0 Å². The van der Waals surface area contributed by atoms with Gasteiger partial charge < -0.3 is 65.4 Å². The van der Waals surface area contributed by atoms with Crippen molar-refractivity contribution in [1.82, 2.24) is 60.6 Å². The zero-order valence-corrected chi connectivity index (χ0v) is 59.7. The molecule has 1 rings (SSSR count). The minimum Gasteiger partial charge on any atom is -0.390 e. The van der Waals surface area contributed by atoms with Crippen LogP contribution in [-0.2, 0) is 62.3 Å². The van der Waals surface area contributed by atoms with Crippen molar-refractivity contribution in [1.29, 1.82) is 0 Å². The molecule has 0 radical (unpaired) electrons. The van der Waals surface area contributed by atoms with Gasteiger partial charge in [0.25, 0.3) is 0 Å². The number of hydroxylamine groups is 2. The van der Waals surface area contributed by atoms with E-state index in [0.29, 0.717) is 5.06 Å². The van der Waals surface area contributed by atoms with Crippen molar-refractivity contribution in [2.45, 2.75) is 228 Å².